The maximum absolute atomic E-state index is 13.1. The summed E-state index contributed by atoms with van der Waals surface area (Å²) >= 11 is 1.25. The van der Waals surface area contributed by atoms with Crippen molar-refractivity contribution in [2.24, 2.45) is 0 Å². The first-order chi connectivity index (χ1) is 13.6. The van der Waals surface area contributed by atoms with Crippen LogP contribution in [0.4, 0.5) is 4.39 Å². The van der Waals surface area contributed by atoms with Gasteiger partial charge >= 0.3 is 5.97 Å². The van der Waals surface area contributed by atoms with Crippen LogP contribution in [0.1, 0.15) is 35.0 Å². The second-order valence-electron chi connectivity index (χ2n) is 6.52. The lowest BCUT2D eigenvalue weighted by molar-refractivity contribution is -0.130. The SMILES string of the molecule is O=C(O[C@@H](C(=O)NC1CC1)c1ccccc1)c1csc(-c2ccc(F)cc2)n1. The van der Waals surface area contributed by atoms with E-state index in [1.165, 1.54) is 23.5 Å². The zero-order valence-corrected chi connectivity index (χ0v) is 15.6. The number of esters is 1. The minimum atomic E-state index is -1.04. The van der Waals surface area contributed by atoms with Crippen LogP contribution in [0.3, 0.4) is 0 Å². The van der Waals surface area contributed by atoms with Crippen LogP contribution in [0.25, 0.3) is 10.6 Å². The molecule has 1 aliphatic rings. The fraction of sp³-hybridized carbons (Fsp3) is 0.190. The van der Waals surface area contributed by atoms with E-state index in [9.17, 15) is 14.0 Å². The molecule has 0 aliphatic heterocycles. The molecule has 2 aromatic carbocycles. The second-order valence-corrected chi connectivity index (χ2v) is 7.38. The molecule has 28 heavy (non-hydrogen) atoms. The minimum Gasteiger partial charge on any atom is -0.443 e. The fourth-order valence-electron chi connectivity index (χ4n) is 2.67. The van der Waals surface area contributed by atoms with Gasteiger partial charge in [-0.25, -0.2) is 14.2 Å². The maximum atomic E-state index is 13.1. The lowest BCUT2D eigenvalue weighted by atomic mass is 10.1. The highest BCUT2D eigenvalue weighted by Gasteiger charge is 2.31. The Hall–Kier alpha value is -3.06. The number of thiazole rings is 1. The van der Waals surface area contributed by atoms with E-state index < -0.39 is 12.1 Å². The molecule has 1 atom stereocenters. The van der Waals surface area contributed by atoms with Gasteiger partial charge in [0.1, 0.15) is 10.8 Å². The van der Waals surface area contributed by atoms with E-state index in [1.807, 2.05) is 6.07 Å². The number of aromatic nitrogens is 1. The van der Waals surface area contributed by atoms with Gasteiger partial charge in [-0.15, -0.1) is 11.3 Å². The molecule has 1 amide bonds. The molecule has 1 heterocycles. The summed E-state index contributed by atoms with van der Waals surface area (Å²) in [4.78, 5) is 29.5. The molecule has 0 radical (unpaired) electrons. The molecule has 0 spiro atoms. The molecule has 0 unspecified atom stereocenters. The van der Waals surface area contributed by atoms with Crippen LogP contribution in [0.5, 0.6) is 0 Å². The molecular weight excluding hydrogens is 379 g/mol. The Balaban J connectivity index is 1.52. The third-order valence-electron chi connectivity index (χ3n) is 4.29. The Kier molecular flexibility index (Phi) is 5.16. The molecule has 5 nitrogen and oxygen atoms in total. The number of rotatable bonds is 6. The lowest BCUT2D eigenvalue weighted by Gasteiger charge is -2.17. The lowest BCUT2D eigenvalue weighted by Crippen LogP contribution is -2.33. The van der Waals surface area contributed by atoms with E-state index in [1.54, 1.807) is 41.8 Å². The average Bonchev–Trinajstić information content (AvgIpc) is 3.38. The maximum Gasteiger partial charge on any atom is 0.358 e. The monoisotopic (exact) mass is 396 g/mol. The third-order valence-corrected chi connectivity index (χ3v) is 5.18. The van der Waals surface area contributed by atoms with Gasteiger partial charge < -0.3 is 10.1 Å². The van der Waals surface area contributed by atoms with E-state index in [0.717, 1.165) is 12.8 Å². The summed E-state index contributed by atoms with van der Waals surface area (Å²) in [6.45, 7) is 0. The van der Waals surface area contributed by atoms with Crippen LogP contribution in [-0.2, 0) is 9.53 Å². The van der Waals surface area contributed by atoms with Gasteiger partial charge in [-0.05, 0) is 37.1 Å². The van der Waals surface area contributed by atoms with Crippen molar-refractivity contribution in [1.82, 2.24) is 10.3 Å². The smallest absolute Gasteiger partial charge is 0.358 e. The molecule has 1 fully saturated rings. The van der Waals surface area contributed by atoms with Crippen molar-refractivity contribution in [1.29, 1.82) is 0 Å². The van der Waals surface area contributed by atoms with Crippen LogP contribution in [0.15, 0.2) is 60.0 Å². The van der Waals surface area contributed by atoms with Crippen LogP contribution < -0.4 is 5.32 Å². The van der Waals surface area contributed by atoms with E-state index in [4.69, 9.17) is 4.74 Å². The molecule has 1 N–H and O–H groups in total. The first-order valence-corrected chi connectivity index (χ1v) is 9.76. The largest absolute Gasteiger partial charge is 0.443 e. The van der Waals surface area contributed by atoms with Gasteiger partial charge in [-0.2, -0.15) is 0 Å². The highest BCUT2D eigenvalue weighted by atomic mass is 32.1. The summed E-state index contributed by atoms with van der Waals surface area (Å²) in [6.07, 6.45) is 0.841. The Morgan fingerprint density at radius 1 is 1.11 bits per heavy atom. The number of hydrogen-bond acceptors (Lipinski definition) is 5. The van der Waals surface area contributed by atoms with Crippen molar-refractivity contribution < 1.29 is 18.7 Å². The highest BCUT2D eigenvalue weighted by molar-refractivity contribution is 7.13. The molecule has 1 saturated carbocycles. The minimum absolute atomic E-state index is 0.115. The quantitative estimate of drug-likeness (QED) is 0.636. The predicted octanol–water partition coefficient (Wildman–Crippen LogP) is 4.13. The summed E-state index contributed by atoms with van der Waals surface area (Å²) in [6, 6.07) is 14.9. The number of hydrogen-bond donors (Lipinski definition) is 1. The number of halogens is 1. The van der Waals surface area contributed by atoms with Crippen molar-refractivity contribution >= 4 is 23.2 Å². The predicted molar refractivity (Wildman–Crippen MR) is 103 cm³/mol. The van der Waals surface area contributed by atoms with Crippen LogP contribution in [0.2, 0.25) is 0 Å². The standard InChI is InChI=1S/C21H17FN2O3S/c22-15-8-6-14(7-9-15)20-24-17(12-28-20)21(26)27-18(13-4-2-1-3-5-13)19(25)23-16-10-11-16/h1-9,12,16,18H,10-11H2,(H,23,25)/t18-/m1/s1. The Morgan fingerprint density at radius 2 is 1.82 bits per heavy atom. The topological polar surface area (TPSA) is 68.3 Å². The van der Waals surface area contributed by atoms with E-state index >= 15 is 0 Å². The molecule has 4 rings (SSSR count). The van der Waals surface area contributed by atoms with Gasteiger partial charge in [0.15, 0.2) is 5.69 Å². The Bertz CT molecular complexity index is 984. The number of nitrogens with one attached hydrogen (secondary N) is 1. The Labute approximate surface area is 165 Å². The average molecular weight is 396 g/mol. The number of carbonyl (C=O) groups is 2. The highest BCUT2D eigenvalue weighted by Crippen LogP contribution is 2.27. The zero-order valence-electron chi connectivity index (χ0n) is 14.8. The van der Waals surface area contributed by atoms with E-state index in [2.05, 4.69) is 10.3 Å². The summed E-state index contributed by atoms with van der Waals surface area (Å²) in [5, 5.41) is 5.02. The second kappa shape index (κ2) is 7.90. The van der Waals surface area contributed by atoms with Crippen LogP contribution in [0, 0.1) is 5.82 Å². The third kappa shape index (κ3) is 4.26. The number of carbonyl (C=O) groups excluding carboxylic acids is 2. The normalized spacial score (nSPS) is 14.3. The van der Waals surface area contributed by atoms with E-state index in [0.29, 0.717) is 16.1 Å². The van der Waals surface area contributed by atoms with Crippen molar-refractivity contribution in [2.75, 3.05) is 0 Å². The van der Waals surface area contributed by atoms with Crippen molar-refractivity contribution in [3.63, 3.8) is 0 Å². The molecule has 0 saturated heterocycles. The number of benzene rings is 2. The van der Waals surface area contributed by atoms with Gasteiger partial charge in [0, 0.05) is 22.5 Å². The first-order valence-electron chi connectivity index (χ1n) is 8.88. The number of amides is 1. The molecule has 0 bridgehead atoms. The summed E-state index contributed by atoms with van der Waals surface area (Å²) in [5.74, 6) is -1.35. The zero-order chi connectivity index (χ0) is 19.5. The van der Waals surface area contributed by atoms with E-state index in [-0.39, 0.29) is 23.5 Å². The number of nitrogens with zero attached hydrogens (tertiary/aromatic N) is 1. The van der Waals surface area contributed by atoms with Crippen molar-refractivity contribution in [3.05, 3.63) is 77.1 Å². The van der Waals surface area contributed by atoms with Crippen LogP contribution in [-0.4, -0.2) is 22.9 Å². The molecule has 3 aromatic rings. The first kappa shape index (κ1) is 18.3. The number of ether oxygens (including phenoxy) is 1. The van der Waals surface area contributed by atoms with Gasteiger partial charge in [-0.1, -0.05) is 30.3 Å². The van der Waals surface area contributed by atoms with Gasteiger partial charge in [0.2, 0.25) is 6.10 Å². The molecule has 7 heteroatoms. The summed E-state index contributed by atoms with van der Waals surface area (Å²) < 4.78 is 18.6. The van der Waals surface area contributed by atoms with Crippen LogP contribution >= 0.6 is 11.3 Å². The molecule has 1 aliphatic carbocycles. The fourth-order valence-corrected chi connectivity index (χ4v) is 3.46. The Morgan fingerprint density at radius 3 is 2.50 bits per heavy atom. The molecular formula is C21H17FN2O3S. The molecule has 142 valence electrons. The summed E-state index contributed by atoms with van der Waals surface area (Å²) in [5.41, 5.74) is 1.42. The van der Waals surface area contributed by atoms with Crippen molar-refractivity contribution in [3.8, 4) is 10.6 Å². The summed E-state index contributed by atoms with van der Waals surface area (Å²) in [7, 11) is 0. The molecule has 1 aromatic heterocycles. The van der Waals surface area contributed by atoms with Gasteiger partial charge in [0.25, 0.3) is 5.91 Å². The van der Waals surface area contributed by atoms with Gasteiger partial charge in [-0.3, -0.25) is 4.79 Å². The van der Waals surface area contributed by atoms with Crippen molar-refractivity contribution in [2.45, 2.75) is 25.0 Å². The van der Waals surface area contributed by atoms with Gasteiger partial charge in [0.05, 0.1) is 0 Å².